The summed E-state index contributed by atoms with van der Waals surface area (Å²) in [5.41, 5.74) is 4.76. The Morgan fingerprint density at radius 1 is 1.31 bits per heavy atom. The Balaban J connectivity index is 1.74. The van der Waals surface area contributed by atoms with Crippen LogP contribution in [0.5, 0.6) is 0 Å². The second-order valence-corrected chi connectivity index (χ2v) is 12.3. The van der Waals surface area contributed by atoms with Crippen LogP contribution in [-0.4, -0.2) is 41.6 Å². The van der Waals surface area contributed by atoms with E-state index in [4.69, 9.17) is 11.6 Å². The van der Waals surface area contributed by atoms with Crippen molar-refractivity contribution < 1.29 is 9.18 Å². The molecule has 2 fully saturated rings. The fraction of sp³-hybridized carbons (Fsp3) is 0.633. The number of halogens is 2. The Morgan fingerprint density at radius 3 is 2.67 bits per heavy atom. The number of likely N-dealkylation sites (tertiary alicyclic amines) is 1. The van der Waals surface area contributed by atoms with Crippen LogP contribution in [0.25, 0.3) is 6.08 Å². The van der Waals surface area contributed by atoms with E-state index in [0.29, 0.717) is 12.5 Å². The summed E-state index contributed by atoms with van der Waals surface area (Å²) in [7, 11) is 0. The molecule has 0 bridgehead atoms. The molecule has 200 valence electrons. The second kappa shape index (κ2) is 12.9. The van der Waals surface area contributed by atoms with Gasteiger partial charge in [-0.05, 0) is 89.0 Å². The zero-order valence-corrected chi connectivity index (χ0v) is 24.5. The minimum absolute atomic E-state index is 0.102. The van der Waals surface area contributed by atoms with Gasteiger partial charge in [-0.15, -0.1) is 11.3 Å². The molecule has 3 atom stereocenters. The van der Waals surface area contributed by atoms with Gasteiger partial charge in [0.25, 0.3) is 0 Å². The average molecular weight is 535 g/mol. The summed E-state index contributed by atoms with van der Waals surface area (Å²) < 4.78 is 13.3. The molecule has 3 rings (SSSR count). The maximum Gasteiger partial charge on any atom is 0.227 e. The highest BCUT2D eigenvalue weighted by Gasteiger charge is 2.42. The Hall–Kier alpha value is -1.43. The van der Waals surface area contributed by atoms with Crippen LogP contribution < -0.4 is 5.32 Å². The number of carbonyl (C=O) groups is 1. The molecule has 1 N–H and O–H groups in total. The number of rotatable bonds is 9. The monoisotopic (exact) mass is 534 g/mol. The topological polar surface area (TPSA) is 32.3 Å². The number of alkyl halides is 1. The second-order valence-electron chi connectivity index (χ2n) is 10.8. The Bertz CT molecular complexity index is 1020. The SMILES string of the molecule is CCC(=C\C/C(C)=C\C(C)F)/C(=C/c1sc(CC(=O)N2CCC3(CCCC(C)N3)C2)c(Cl)c1C)CC. The van der Waals surface area contributed by atoms with Crippen LogP contribution in [-0.2, 0) is 11.2 Å². The third-order valence-corrected chi connectivity index (χ3v) is 9.57. The van der Waals surface area contributed by atoms with Gasteiger partial charge < -0.3 is 10.2 Å². The van der Waals surface area contributed by atoms with Crippen LogP contribution in [0.15, 0.2) is 28.9 Å². The molecule has 36 heavy (non-hydrogen) atoms. The van der Waals surface area contributed by atoms with E-state index in [1.54, 1.807) is 24.3 Å². The van der Waals surface area contributed by atoms with E-state index in [9.17, 15) is 9.18 Å². The van der Waals surface area contributed by atoms with Gasteiger partial charge in [0.1, 0.15) is 6.17 Å². The molecule has 3 unspecified atom stereocenters. The summed E-state index contributed by atoms with van der Waals surface area (Å²) in [5.74, 6) is 0.180. The van der Waals surface area contributed by atoms with Gasteiger partial charge in [0.15, 0.2) is 0 Å². The predicted octanol–water partition coefficient (Wildman–Crippen LogP) is 8.21. The number of carbonyl (C=O) groups excluding carboxylic acids is 1. The first-order chi connectivity index (χ1) is 17.1. The van der Waals surface area contributed by atoms with Crippen molar-refractivity contribution in [3.8, 4) is 0 Å². The van der Waals surface area contributed by atoms with Crippen molar-refractivity contribution in [1.29, 1.82) is 0 Å². The van der Waals surface area contributed by atoms with Crippen molar-refractivity contribution in [3.63, 3.8) is 0 Å². The first-order valence-electron chi connectivity index (χ1n) is 13.6. The third-order valence-electron chi connectivity index (χ3n) is 7.70. The highest BCUT2D eigenvalue weighted by molar-refractivity contribution is 7.13. The molecule has 1 aromatic rings. The van der Waals surface area contributed by atoms with E-state index in [2.05, 4.69) is 45.2 Å². The summed E-state index contributed by atoms with van der Waals surface area (Å²) >= 11 is 8.40. The number of allylic oxidation sites excluding steroid dienone is 5. The molecule has 0 saturated carbocycles. The van der Waals surface area contributed by atoms with Crippen molar-refractivity contribution in [3.05, 3.63) is 49.2 Å². The number of nitrogens with one attached hydrogen (secondary N) is 1. The lowest BCUT2D eigenvalue weighted by molar-refractivity contribution is -0.129. The fourth-order valence-corrected chi connectivity index (χ4v) is 7.22. The summed E-state index contributed by atoms with van der Waals surface area (Å²) in [6.45, 7) is 13.8. The molecular formula is C30H44ClFN2OS. The number of nitrogens with zero attached hydrogens (tertiary/aromatic N) is 1. The molecule has 0 aromatic carbocycles. The van der Waals surface area contributed by atoms with Gasteiger partial charge in [0.05, 0.1) is 11.4 Å². The highest BCUT2D eigenvalue weighted by Crippen LogP contribution is 2.37. The van der Waals surface area contributed by atoms with Crippen LogP contribution in [0.2, 0.25) is 5.02 Å². The van der Waals surface area contributed by atoms with Crippen molar-refractivity contribution in [1.82, 2.24) is 10.2 Å². The molecule has 2 aliphatic heterocycles. The van der Waals surface area contributed by atoms with E-state index < -0.39 is 6.17 Å². The van der Waals surface area contributed by atoms with Gasteiger partial charge in [-0.1, -0.05) is 49.6 Å². The molecule has 0 radical (unpaired) electrons. The normalized spacial score (nSPS) is 24.6. The van der Waals surface area contributed by atoms with Crippen molar-refractivity contribution in [2.75, 3.05) is 13.1 Å². The lowest BCUT2D eigenvalue weighted by Crippen LogP contribution is -2.54. The maximum absolute atomic E-state index is 13.3. The summed E-state index contributed by atoms with van der Waals surface area (Å²) in [5, 5.41) is 4.51. The predicted molar refractivity (Wildman–Crippen MR) is 154 cm³/mol. The molecule has 6 heteroatoms. The average Bonchev–Trinajstić information content (AvgIpc) is 3.34. The van der Waals surface area contributed by atoms with Crippen molar-refractivity contribution >= 4 is 34.9 Å². The summed E-state index contributed by atoms with van der Waals surface area (Å²) in [6, 6.07) is 0.527. The van der Waals surface area contributed by atoms with Gasteiger partial charge in [-0.3, -0.25) is 4.79 Å². The molecule has 2 saturated heterocycles. The first-order valence-corrected chi connectivity index (χ1v) is 14.8. The zero-order chi connectivity index (χ0) is 26.5. The number of thiophene rings is 1. The van der Waals surface area contributed by atoms with Crippen molar-refractivity contribution in [2.45, 2.75) is 111 Å². The van der Waals surface area contributed by atoms with E-state index in [1.807, 2.05) is 11.8 Å². The summed E-state index contributed by atoms with van der Waals surface area (Å²) in [4.78, 5) is 17.4. The van der Waals surface area contributed by atoms with E-state index >= 15 is 0 Å². The largest absolute Gasteiger partial charge is 0.340 e. The van der Waals surface area contributed by atoms with Crippen LogP contribution in [0.3, 0.4) is 0 Å². The zero-order valence-electron chi connectivity index (χ0n) is 23.0. The Morgan fingerprint density at radius 2 is 2.03 bits per heavy atom. The van der Waals surface area contributed by atoms with E-state index in [1.165, 1.54) is 24.0 Å². The van der Waals surface area contributed by atoms with Crippen molar-refractivity contribution in [2.24, 2.45) is 0 Å². The Labute approximate surface area is 226 Å². The minimum atomic E-state index is -0.921. The number of hydrogen-bond acceptors (Lipinski definition) is 3. The quantitative estimate of drug-likeness (QED) is 0.256. The maximum atomic E-state index is 13.3. The summed E-state index contributed by atoms with van der Waals surface area (Å²) in [6.07, 6.45) is 12.8. The highest BCUT2D eigenvalue weighted by atomic mass is 35.5. The van der Waals surface area contributed by atoms with Crippen LogP contribution in [0.1, 0.15) is 94.9 Å². The lowest BCUT2D eigenvalue weighted by Gasteiger charge is -2.38. The minimum Gasteiger partial charge on any atom is -0.340 e. The van der Waals surface area contributed by atoms with Gasteiger partial charge in [0.2, 0.25) is 5.91 Å². The van der Waals surface area contributed by atoms with Crippen LogP contribution in [0.4, 0.5) is 4.39 Å². The molecule has 3 nitrogen and oxygen atoms in total. The molecule has 3 heterocycles. The molecule has 1 amide bonds. The third kappa shape index (κ3) is 7.33. The molecule has 1 spiro atoms. The fourth-order valence-electron chi connectivity index (χ4n) is 5.72. The van der Waals surface area contributed by atoms with Gasteiger partial charge in [0, 0.05) is 34.4 Å². The van der Waals surface area contributed by atoms with Crippen LogP contribution >= 0.6 is 22.9 Å². The van der Waals surface area contributed by atoms with Crippen LogP contribution in [0, 0.1) is 6.92 Å². The first kappa shape index (κ1) is 29.1. The smallest absolute Gasteiger partial charge is 0.227 e. The van der Waals surface area contributed by atoms with Gasteiger partial charge >= 0.3 is 0 Å². The number of amides is 1. The van der Waals surface area contributed by atoms with Gasteiger partial charge in [-0.25, -0.2) is 4.39 Å². The van der Waals surface area contributed by atoms with E-state index in [-0.39, 0.29) is 11.4 Å². The van der Waals surface area contributed by atoms with E-state index in [0.717, 1.165) is 71.1 Å². The van der Waals surface area contributed by atoms with Gasteiger partial charge in [-0.2, -0.15) is 0 Å². The molecule has 0 aliphatic carbocycles. The lowest BCUT2D eigenvalue weighted by atomic mass is 9.85. The molecular weight excluding hydrogens is 491 g/mol. The number of piperidine rings is 1. The molecule has 2 aliphatic rings. The Kier molecular flexibility index (Phi) is 10.4. The number of hydrogen-bond donors (Lipinski definition) is 1. The standard InChI is InChI=1S/C30H44ClFN2OS/c1-7-24(12-11-20(3)16-21(4)32)25(8-2)17-26-23(6)29(31)27(36-26)18-28(35)34-15-14-30(19-34)13-9-10-22(5)33-30/h12,16-17,21-22,33H,7-11,13-15,18-19H2,1-6H3/b20-16-,24-12+,25-17+. The molecule has 1 aromatic heterocycles.